The van der Waals surface area contributed by atoms with Crippen LogP contribution in [0.25, 0.3) is 0 Å². The molecule has 2 aliphatic heterocycles. The van der Waals surface area contributed by atoms with Crippen LogP contribution in [0, 0.1) is 0 Å². The van der Waals surface area contributed by atoms with Gasteiger partial charge in [0.25, 0.3) is 5.91 Å². The van der Waals surface area contributed by atoms with E-state index in [9.17, 15) is 4.79 Å². The molecule has 7 nitrogen and oxygen atoms in total. The van der Waals surface area contributed by atoms with Crippen LogP contribution in [0.4, 0.5) is 0 Å². The number of nitrogens with zero attached hydrogens (tertiary/aromatic N) is 3. The number of amides is 1. The summed E-state index contributed by atoms with van der Waals surface area (Å²) >= 11 is 0. The van der Waals surface area contributed by atoms with E-state index in [0.29, 0.717) is 18.8 Å². The number of carbonyl (C=O) groups is 1. The average Bonchev–Trinajstić information content (AvgIpc) is 3.19. The Balaban J connectivity index is 1.53. The molecule has 3 heterocycles. The lowest BCUT2D eigenvalue weighted by Gasteiger charge is -2.25. The number of ether oxygens (including phenoxy) is 2. The minimum atomic E-state index is -0.118. The van der Waals surface area contributed by atoms with Crippen LogP contribution >= 0.6 is 0 Å². The Hall–Kier alpha value is -1.44. The number of hydrogen-bond acceptors (Lipinski definition) is 6. The van der Waals surface area contributed by atoms with E-state index in [4.69, 9.17) is 14.0 Å². The molecule has 0 radical (unpaired) electrons. The van der Waals surface area contributed by atoms with E-state index < -0.39 is 0 Å². The first-order chi connectivity index (χ1) is 10.7. The van der Waals surface area contributed by atoms with Gasteiger partial charge in [-0.05, 0) is 12.8 Å². The van der Waals surface area contributed by atoms with Crippen LogP contribution in [-0.4, -0.2) is 73.5 Å². The summed E-state index contributed by atoms with van der Waals surface area (Å²) in [5, 5.41) is 3.91. The van der Waals surface area contributed by atoms with Gasteiger partial charge < -0.3 is 18.9 Å². The molecule has 122 valence electrons. The molecule has 1 aromatic rings. The number of likely N-dealkylation sites (N-methyl/N-ethyl adjacent to an activating group) is 1. The third kappa shape index (κ3) is 3.85. The highest BCUT2D eigenvalue weighted by Gasteiger charge is 2.23. The summed E-state index contributed by atoms with van der Waals surface area (Å²) in [5.74, 6) is 0.600. The fourth-order valence-corrected chi connectivity index (χ4v) is 2.84. The summed E-state index contributed by atoms with van der Waals surface area (Å²) in [6, 6.07) is 1.74. The molecular formula is C15H23N3O4. The van der Waals surface area contributed by atoms with Crippen molar-refractivity contribution in [3.8, 4) is 0 Å². The molecule has 0 aromatic carbocycles. The lowest BCUT2D eigenvalue weighted by atomic mass is 10.2. The molecule has 0 saturated carbocycles. The van der Waals surface area contributed by atoms with Crippen LogP contribution in [0.15, 0.2) is 10.6 Å². The van der Waals surface area contributed by atoms with Gasteiger partial charge in [-0.25, -0.2) is 0 Å². The molecule has 0 N–H and O–H groups in total. The molecule has 2 fully saturated rings. The fourth-order valence-electron chi connectivity index (χ4n) is 2.84. The Bertz CT molecular complexity index is 493. The minimum Gasteiger partial charge on any atom is -0.379 e. The summed E-state index contributed by atoms with van der Waals surface area (Å²) in [6.45, 7) is 5.30. The van der Waals surface area contributed by atoms with E-state index in [2.05, 4.69) is 10.1 Å². The molecule has 2 saturated heterocycles. The number of rotatable bonds is 5. The molecule has 0 spiro atoms. The number of carbonyl (C=O) groups excluding carboxylic acids is 1. The highest BCUT2D eigenvalue weighted by Crippen LogP contribution is 2.15. The summed E-state index contributed by atoms with van der Waals surface area (Å²) in [6.07, 6.45) is 2.23. The van der Waals surface area contributed by atoms with Gasteiger partial charge >= 0.3 is 0 Å². The van der Waals surface area contributed by atoms with Crippen molar-refractivity contribution in [2.45, 2.75) is 25.5 Å². The third-order valence-electron chi connectivity index (χ3n) is 4.11. The molecule has 7 heteroatoms. The van der Waals surface area contributed by atoms with Gasteiger partial charge in [-0.3, -0.25) is 9.69 Å². The largest absolute Gasteiger partial charge is 0.379 e. The molecular weight excluding hydrogens is 286 g/mol. The second-order valence-electron chi connectivity index (χ2n) is 5.89. The lowest BCUT2D eigenvalue weighted by Crippen LogP contribution is -2.35. The van der Waals surface area contributed by atoms with Crippen molar-refractivity contribution >= 4 is 5.91 Å². The monoisotopic (exact) mass is 309 g/mol. The van der Waals surface area contributed by atoms with Gasteiger partial charge in [0.15, 0.2) is 11.5 Å². The van der Waals surface area contributed by atoms with E-state index in [1.54, 1.807) is 18.0 Å². The molecule has 2 aliphatic rings. The SMILES string of the molecule is CN(C[C@H]1CCCO1)C(=O)c1cc(CN2CCOCC2)on1. The molecule has 0 unspecified atom stereocenters. The van der Waals surface area contributed by atoms with Crippen molar-refractivity contribution in [3.05, 3.63) is 17.5 Å². The number of hydrogen-bond donors (Lipinski definition) is 0. The fraction of sp³-hybridized carbons (Fsp3) is 0.733. The molecule has 0 bridgehead atoms. The Morgan fingerprint density at radius 1 is 1.41 bits per heavy atom. The quantitative estimate of drug-likeness (QED) is 0.800. The maximum absolute atomic E-state index is 12.4. The second-order valence-corrected chi connectivity index (χ2v) is 5.89. The van der Waals surface area contributed by atoms with E-state index in [-0.39, 0.29) is 12.0 Å². The first-order valence-electron chi connectivity index (χ1n) is 7.85. The lowest BCUT2D eigenvalue weighted by molar-refractivity contribution is 0.0305. The van der Waals surface area contributed by atoms with Crippen molar-refractivity contribution < 1.29 is 18.8 Å². The topological polar surface area (TPSA) is 68.0 Å². The summed E-state index contributed by atoms with van der Waals surface area (Å²) in [5.41, 5.74) is 0.365. The molecule has 3 rings (SSSR count). The van der Waals surface area contributed by atoms with Crippen LogP contribution < -0.4 is 0 Å². The summed E-state index contributed by atoms with van der Waals surface area (Å²) in [7, 11) is 1.78. The first-order valence-corrected chi connectivity index (χ1v) is 7.85. The highest BCUT2D eigenvalue weighted by atomic mass is 16.5. The predicted octanol–water partition coefficient (Wildman–Crippen LogP) is 0.758. The average molecular weight is 309 g/mol. The van der Waals surface area contributed by atoms with Gasteiger partial charge in [0.1, 0.15) is 0 Å². The second kappa shape index (κ2) is 7.21. The third-order valence-corrected chi connectivity index (χ3v) is 4.11. The Kier molecular flexibility index (Phi) is 5.07. The number of aromatic nitrogens is 1. The molecule has 22 heavy (non-hydrogen) atoms. The predicted molar refractivity (Wildman–Crippen MR) is 78.5 cm³/mol. The van der Waals surface area contributed by atoms with Crippen LogP contribution in [0.2, 0.25) is 0 Å². The van der Waals surface area contributed by atoms with E-state index >= 15 is 0 Å². The van der Waals surface area contributed by atoms with E-state index in [0.717, 1.165) is 51.5 Å². The number of morpholine rings is 1. The van der Waals surface area contributed by atoms with Gasteiger partial charge in [0.05, 0.1) is 25.9 Å². The maximum Gasteiger partial charge on any atom is 0.275 e. The highest BCUT2D eigenvalue weighted by molar-refractivity contribution is 5.92. The smallest absolute Gasteiger partial charge is 0.275 e. The van der Waals surface area contributed by atoms with Crippen molar-refractivity contribution in [3.63, 3.8) is 0 Å². The molecule has 1 aromatic heterocycles. The Morgan fingerprint density at radius 3 is 2.95 bits per heavy atom. The van der Waals surface area contributed by atoms with Crippen LogP contribution in [0.3, 0.4) is 0 Å². The van der Waals surface area contributed by atoms with Gasteiger partial charge in [-0.1, -0.05) is 5.16 Å². The first kappa shape index (κ1) is 15.5. The van der Waals surface area contributed by atoms with Crippen LogP contribution in [0.5, 0.6) is 0 Å². The molecule has 1 amide bonds. The van der Waals surface area contributed by atoms with Gasteiger partial charge in [-0.15, -0.1) is 0 Å². The van der Waals surface area contributed by atoms with Crippen molar-refractivity contribution in [2.24, 2.45) is 0 Å². The molecule has 1 atom stereocenters. The van der Waals surface area contributed by atoms with Gasteiger partial charge in [0.2, 0.25) is 0 Å². The minimum absolute atomic E-state index is 0.118. The summed E-state index contributed by atoms with van der Waals surface area (Å²) < 4.78 is 16.2. The Morgan fingerprint density at radius 2 is 2.23 bits per heavy atom. The van der Waals surface area contributed by atoms with Gasteiger partial charge in [-0.2, -0.15) is 0 Å². The standard InChI is InChI=1S/C15H23N3O4/c1-17(10-12-3-2-6-21-12)15(19)14-9-13(22-16-14)11-18-4-7-20-8-5-18/h9,12H,2-8,10-11H2,1H3/t12-/m1/s1. The zero-order chi connectivity index (χ0) is 15.4. The van der Waals surface area contributed by atoms with E-state index in [1.807, 2.05) is 0 Å². The zero-order valence-corrected chi connectivity index (χ0v) is 13.0. The normalized spacial score (nSPS) is 22.9. The zero-order valence-electron chi connectivity index (χ0n) is 13.0. The van der Waals surface area contributed by atoms with Crippen LogP contribution in [-0.2, 0) is 16.0 Å². The van der Waals surface area contributed by atoms with Crippen molar-refractivity contribution in [1.82, 2.24) is 15.0 Å². The van der Waals surface area contributed by atoms with Crippen molar-refractivity contribution in [2.75, 3.05) is 46.5 Å². The van der Waals surface area contributed by atoms with E-state index in [1.165, 1.54) is 0 Å². The molecule has 0 aliphatic carbocycles. The summed E-state index contributed by atoms with van der Waals surface area (Å²) in [4.78, 5) is 16.2. The maximum atomic E-state index is 12.4. The Labute approximate surface area is 130 Å². The van der Waals surface area contributed by atoms with Crippen molar-refractivity contribution in [1.29, 1.82) is 0 Å². The van der Waals surface area contributed by atoms with Crippen LogP contribution in [0.1, 0.15) is 29.1 Å². The van der Waals surface area contributed by atoms with Gasteiger partial charge in [0, 0.05) is 39.4 Å².